The first-order valence-corrected chi connectivity index (χ1v) is 6.13. The SMILES string of the molecule is CC(C)C(=O)N(Cc1ccc(F)cc1)C1CC1. The van der Waals surface area contributed by atoms with Gasteiger partial charge >= 0.3 is 0 Å². The van der Waals surface area contributed by atoms with Crippen molar-refractivity contribution < 1.29 is 9.18 Å². The van der Waals surface area contributed by atoms with Gasteiger partial charge in [0.2, 0.25) is 5.91 Å². The maximum atomic E-state index is 12.8. The number of hydrogen-bond donors (Lipinski definition) is 0. The quantitative estimate of drug-likeness (QED) is 0.785. The molecule has 1 saturated carbocycles. The minimum Gasteiger partial charge on any atom is -0.335 e. The molecule has 0 heterocycles. The largest absolute Gasteiger partial charge is 0.335 e. The number of carbonyl (C=O) groups excluding carboxylic acids is 1. The molecule has 0 saturated heterocycles. The van der Waals surface area contributed by atoms with Crippen LogP contribution in [0.2, 0.25) is 0 Å². The molecule has 0 aliphatic heterocycles. The third kappa shape index (κ3) is 3.05. The van der Waals surface area contributed by atoms with Crippen molar-refractivity contribution in [3.8, 4) is 0 Å². The van der Waals surface area contributed by atoms with Crippen molar-refractivity contribution >= 4 is 5.91 Å². The predicted molar refractivity (Wildman–Crippen MR) is 64.8 cm³/mol. The molecule has 2 nitrogen and oxygen atoms in total. The Balaban J connectivity index is 2.07. The van der Waals surface area contributed by atoms with Crippen molar-refractivity contribution in [3.63, 3.8) is 0 Å². The molecule has 92 valence electrons. The smallest absolute Gasteiger partial charge is 0.225 e. The van der Waals surface area contributed by atoms with Crippen LogP contribution in [0.25, 0.3) is 0 Å². The van der Waals surface area contributed by atoms with Gasteiger partial charge in [-0.3, -0.25) is 4.79 Å². The fourth-order valence-electron chi connectivity index (χ4n) is 1.89. The van der Waals surface area contributed by atoms with Crippen molar-refractivity contribution in [3.05, 3.63) is 35.6 Å². The Kier molecular flexibility index (Phi) is 3.46. The zero-order chi connectivity index (χ0) is 12.4. The monoisotopic (exact) mass is 235 g/mol. The van der Waals surface area contributed by atoms with E-state index < -0.39 is 0 Å². The number of carbonyl (C=O) groups is 1. The third-order valence-electron chi connectivity index (χ3n) is 3.03. The van der Waals surface area contributed by atoms with Crippen LogP contribution in [0.4, 0.5) is 4.39 Å². The number of amides is 1. The van der Waals surface area contributed by atoms with E-state index in [9.17, 15) is 9.18 Å². The van der Waals surface area contributed by atoms with Crippen LogP contribution < -0.4 is 0 Å². The zero-order valence-corrected chi connectivity index (χ0v) is 10.3. The maximum absolute atomic E-state index is 12.8. The van der Waals surface area contributed by atoms with Crippen molar-refractivity contribution in [2.45, 2.75) is 39.3 Å². The Morgan fingerprint density at radius 1 is 1.35 bits per heavy atom. The van der Waals surface area contributed by atoms with E-state index in [2.05, 4.69) is 0 Å². The lowest BCUT2D eigenvalue weighted by Crippen LogP contribution is -2.35. The second kappa shape index (κ2) is 4.86. The fraction of sp³-hybridized carbons (Fsp3) is 0.500. The Morgan fingerprint density at radius 2 is 1.94 bits per heavy atom. The lowest BCUT2D eigenvalue weighted by atomic mass is 10.1. The van der Waals surface area contributed by atoms with Crippen molar-refractivity contribution in [1.29, 1.82) is 0 Å². The molecule has 0 atom stereocenters. The molecule has 2 rings (SSSR count). The molecule has 17 heavy (non-hydrogen) atoms. The standard InChI is InChI=1S/C14H18FNO/c1-10(2)14(17)16(13-7-8-13)9-11-3-5-12(15)6-4-11/h3-6,10,13H,7-9H2,1-2H3. The average Bonchev–Trinajstić information content (AvgIpc) is 3.11. The molecule has 0 unspecified atom stereocenters. The summed E-state index contributed by atoms with van der Waals surface area (Å²) in [6.07, 6.45) is 2.19. The Labute approximate surface area is 101 Å². The molecule has 1 amide bonds. The molecular formula is C14H18FNO. The molecule has 0 spiro atoms. The molecule has 1 fully saturated rings. The summed E-state index contributed by atoms with van der Waals surface area (Å²) < 4.78 is 12.8. The molecule has 1 aromatic carbocycles. The van der Waals surface area contributed by atoms with Gasteiger partial charge in [-0.05, 0) is 30.5 Å². The highest BCUT2D eigenvalue weighted by atomic mass is 19.1. The molecule has 0 bridgehead atoms. The van der Waals surface area contributed by atoms with Crippen LogP contribution in [0, 0.1) is 11.7 Å². The highest BCUT2D eigenvalue weighted by Crippen LogP contribution is 2.29. The van der Waals surface area contributed by atoms with E-state index in [-0.39, 0.29) is 17.6 Å². The van der Waals surface area contributed by atoms with Crippen LogP contribution >= 0.6 is 0 Å². The number of hydrogen-bond acceptors (Lipinski definition) is 1. The first kappa shape index (κ1) is 12.1. The summed E-state index contributed by atoms with van der Waals surface area (Å²) in [7, 11) is 0. The summed E-state index contributed by atoms with van der Waals surface area (Å²) >= 11 is 0. The number of benzene rings is 1. The van der Waals surface area contributed by atoms with E-state index in [1.54, 1.807) is 12.1 Å². The topological polar surface area (TPSA) is 20.3 Å². The normalized spacial score (nSPS) is 15.1. The van der Waals surface area contributed by atoms with Crippen LogP contribution in [0.5, 0.6) is 0 Å². The van der Waals surface area contributed by atoms with Gasteiger partial charge in [0.1, 0.15) is 5.82 Å². The molecule has 0 N–H and O–H groups in total. The minimum atomic E-state index is -0.234. The van der Waals surface area contributed by atoms with Gasteiger partial charge in [0, 0.05) is 18.5 Å². The summed E-state index contributed by atoms with van der Waals surface area (Å²) in [5.41, 5.74) is 0.993. The lowest BCUT2D eigenvalue weighted by molar-refractivity contribution is -0.135. The Bertz CT molecular complexity index is 395. The van der Waals surface area contributed by atoms with Gasteiger partial charge in [-0.1, -0.05) is 26.0 Å². The summed E-state index contributed by atoms with van der Waals surface area (Å²) in [6.45, 7) is 4.44. The molecule has 1 aliphatic carbocycles. The van der Waals surface area contributed by atoms with E-state index >= 15 is 0 Å². The highest BCUT2D eigenvalue weighted by Gasteiger charge is 2.33. The highest BCUT2D eigenvalue weighted by molar-refractivity contribution is 5.78. The van der Waals surface area contributed by atoms with E-state index in [1.165, 1.54) is 12.1 Å². The van der Waals surface area contributed by atoms with E-state index in [0.29, 0.717) is 12.6 Å². The number of halogens is 1. The van der Waals surface area contributed by atoms with Gasteiger partial charge in [-0.25, -0.2) is 4.39 Å². The van der Waals surface area contributed by atoms with Crippen LogP contribution in [-0.2, 0) is 11.3 Å². The van der Waals surface area contributed by atoms with Gasteiger partial charge in [-0.15, -0.1) is 0 Å². The Hall–Kier alpha value is -1.38. The fourth-order valence-corrected chi connectivity index (χ4v) is 1.89. The van der Waals surface area contributed by atoms with E-state index in [4.69, 9.17) is 0 Å². The maximum Gasteiger partial charge on any atom is 0.225 e. The predicted octanol–water partition coefficient (Wildman–Crippen LogP) is 2.97. The first-order chi connectivity index (χ1) is 8.08. The second-order valence-corrected chi connectivity index (χ2v) is 4.98. The summed E-state index contributed by atoms with van der Waals surface area (Å²) in [5.74, 6) is -0.0187. The number of rotatable bonds is 4. The lowest BCUT2D eigenvalue weighted by Gasteiger charge is -2.24. The second-order valence-electron chi connectivity index (χ2n) is 4.98. The summed E-state index contributed by atoms with van der Waals surface area (Å²) in [6, 6.07) is 6.78. The Morgan fingerprint density at radius 3 is 2.41 bits per heavy atom. The van der Waals surface area contributed by atoms with Gasteiger partial charge in [0.05, 0.1) is 0 Å². The van der Waals surface area contributed by atoms with Gasteiger partial charge < -0.3 is 4.90 Å². The molecule has 0 aromatic heterocycles. The molecule has 1 aliphatic rings. The van der Waals surface area contributed by atoms with E-state index in [0.717, 1.165) is 18.4 Å². The summed E-state index contributed by atoms with van der Waals surface area (Å²) in [5, 5.41) is 0. The molecule has 3 heteroatoms. The van der Waals surface area contributed by atoms with Crippen molar-refractivity contribution in [2.75, 3.05) is 0 Å². The zero-order valence-electron chi connectivity index (χ0n) is 10.3. The summed E-state index contributed by atoms with van der Waals surface area (Å²) in [4.78, 5) is 14.0. The average molecular weight is 235 g/mol. The van der Waals surface area contributed by atoms with Crippen molar-refractivity contribution in [2.24, 2.45) is 5.92 Å². The molecule has 0 radical (unpaired) electrons. The van der Waals surface area contributed by atoms with E-state index in [1.807, 2.05) is 18.7 Å². The molecule has 1 aromatic rings. The van der Waals surface area contributed by atoms with Gasteiger partial charge in [-0.2, -0.15) is 0 Å². The molecular weight excluding hydrogens is 217 g/mol. The van der Waals surface area contributed by atoms with Gasteiger partial charge in [0.25, 0.3) is 0 Å². The third-order valence-corrected chi connectivity index (χ3v) is 3.03. The minimum absolute atomic E-state index is 0.0241. The van der Waals surface area contributed by atoms with Crippen LogP contribution in [0.15, 0.2) is 24.3 Å². The van der Waals surface area contributed by atoms with Crippen LogP contribution in [-0.4, -0.2) is 16.8 Å². The van der Waals surface area contributed by atoms with Crippen LogP contribution in [0.3, 0.4) is 0 Å². The van der Waals surface area contributed by atoms with Crippen LogP contribution in [0.1, 0.15) is 32.3 Å². The first-order valence-electron chi connectivity index (χ1n) is 6.13. The number of nitrogens with zero attached hydrogens (tertiary/aromatic N) is 1. The van der Waals surface area contributed by atoms with Crippen molar-refractivity contribution in [1.82, 2.24) is 4.90 Å². The van der Waals surface area contributed by atoms with Gasteiger partial charge in [0.15, 0.2) is 0 Å².